The molecule has 1 aliphatic rings. The number of benzene rings is 2. The van der Waals surface area contributed by atoms with Crippen LogP contribution in [0.3, 0.4) is 0 Å². The molecule has 0 unspecified atom stereocenters. The number of aromatic hydroxyl groups is 1. The van der Waals surface area contributed by atoms with Gasteiger partial charge in [0.2, 0.25) is 0 Å². The normalized spacial score (nSPS) is 13.0. The van der Waals surface area contributed by atoms with E-state index in [1.165, 1.54) is 0 Å². The third kappa shape index (κ3) is 1.91. The third-order valence-corrected chi connectivity index (χ3v) is 3.18. The standard InChI is InChI=1S/C15H12O4/c1-18-11-3-5-13-12-4-2-10(16)6-9(12)8-19-15(17)14(13)7-11/h2-7,16H,8H2,1H3. The Balaban J connectivity index is 2.25. The first-order chi connectivity index (χ1) is 9.19. The first kappa shape index (κ1) is 11.6. The number of hydrogen-bond donors (Lipinski definition) is 1. The zero-order valence-corrected chi connectivity index (χ0v) is 10.3. The molecule has 1 heterocycles. The molecule has 2 aromatic rings. The number of hydrogen-bond acceptors (Lipinski definition) is 4. The van der Waals surface area contributed by atoms with Gasteiger partial charge in [-0.1, -0.05) is 6.07 Å². The molecule has 0 atom stereocenters. The lowest BCUT2D eigenvalue weighted by Gasteiger charge is -2.08. The highest BCUT2D eigenvalue weighted by molar-refractivity contribution is 5.99. The van der Waals surface area contributed by atoms with E-state index in [0.717, 1.165) is 16.7 Å². The van der Waals surface area contributed by atoms with Crippen LogP contribution in [-0.4, -0.2) is 18.2 Å². The van der Waals surface area contributed by atoms with Gasteiger partial charge in [-0.25, -0.2) is 4.79 Å². The predicted molar refractivity (Wildman–Crippen MR) is 69.2 cm³/mol. The van der Waals surface area contributed by atoms with E-state index in [1.54, 1.807) is 37.4 Å². The number of ether oxygens (including phenoxy) is 2. The van der Waals surface area contributed by atoms with Crippen LogP contribution < -0.4 is 4.74 Å². The predicted octanol–water partition coefficient (Wildman–Crippen LogP) is 2.74. The second-order valence-corrected chi connectivity index (χ2v) is 4.33. The minimum Gasteiger partial charge on any atom is -0.508 e. The van der Waals surface area contributed by atoms with Gasteiger partial charge in [-0.2, -0.15) is 0 Å². The van der Waals surface area contributed by atoms with Crippen LogP contribution in [0.2, 0.25) is 0 Å². The molecule has 96 valence electrons. The molecule has 0 saturated heterocycles. The maximum absolute atomic E-state index is 12.0. The number of carbonyl (C=O) groups is 1. The van der Waals surface area contributed by atoms with Gasteiger partial charge >= 0.3 is 5.97 Å². The Morgan fingerprint density at radius 2 is 1.89 bits per heavy atom. The second kappa shape index (κ2) is 4.31. The summed E-state index contributed by atoms with van der Waals surface area (Å²) in [7, 11) is 1.55. The topological polar surface area (TPSA) is 55.8 Å². The summed E-state index contributed by atoms with van der Waals surface area (Å²) in [5.74, 6) is 0.384. The van der Waals surface area contributed by atoms with Crippen LogP contribution in [0.15, 0.2) is 36.4 Å². The zero-order chi connectivity index (χ0) is 13.4. The van der Waals surface area contributed by atoms with Crippen LogP contribution in [0.1, 0.15) is 15.9 Å². The molecule has 0 aromatic heterocycles. The van der Waals surface area contributed by atoms with Crippen molar-refractivity contribution < 1.29 is 19.4 Å². The van der Waals surface area contributed by atoms with E-state index >= 15 is 0 Å². The smallest absolute Gasteiger partial charge is 0.339 e. The summed E-state index contributed by atoms with van der Waals surface area (Å²) in [5.41, 5.74) is 2.95. The number of phenolic OH excluding ortho intramolecular Hbond substituents is 1. The number of cyclic esters (lactones) is 1. The molecule has 0 bridgehead atoms. The molecular formula is C15H12O4. The number of fused-ring (bicyclic) bond motifs is 3. The summed E-state index contributed by atoms with van der Waals surface area (Å²) in [6, 6.07) is 10.3. The van der Waals surface area contributed by atoms with E-state index < -0.39 is 0 Å². The summed E-state index contributed by atoms with van der Waals surface area (Å²) in [5, 5.41) is 9.52. The van der Waals surface area contributed by atoms with Gasteiger partial charge in [0.1, 0.15) is 18.1 Å². The van der Waals surface area contributed by atoms with Crippen molar-refractivity contribution in [1.29, 1.82) is 0 Å². The Morgan fingerprint density at radius 3 is 2.68 bits per heavy atom. The van der Waals surface area contributed by atoms with Crippen LogP contribution in [0.5, 0.6) is 11.5 Å². The van der Waals surface area contributed by atoms with E-state index in [9.17, 15) is 9.90 Å². The Hall–Kier alpha value is -2.49. The molecule has 0 amide bonds. The highest BCUT2D eigenvalue weighted by Crippen LogP contribution is 2.35. The number of rotatable bonds is 1. The lowest BCUT2D eigenvalue weighted by atomic mass is 9.96. The number of carbonyl (C=O) groups excluding carboxylic acids is 1. The van der Waals surface area contributed by atoms with Crippen molar-refractivity contribution in [2.45, 2.75) is 6.61 Å². The largest absolute Gasteiger partial charge is 0.508 e. The lowest BCUT2D eigenvalue weighted by Crippen LogP contribution is -2.03. The van der Waals surface area contributed by atoms with Crippen molar-refractivity contribution in [3.05, 3.63) is 47.5 Å². The minimum absolute atomic E-state index is 0.152. The molecule has 1 N–H and O–H groups in total. The molecule has 4 heteroatoms. The Labute approximate surface area is 110 Å². The second-order valence-electron chi connectivity index (χ2n) is 4.33. The van der Waals surface area contributed by atoms with Gasteiger partial charge in [0, 0.05) is 5.56 Å². The quantitative estimate of drug-likeness (QED) is 0.797. The molecule has 0 spiro atoms. The van der Waals surface area contributed by atoms with Crippen molar-refractivity contribution in [2.75, 3.05) is 7.11 Å². The van der Waals surface area contributed by atoms with Gasteiger partial charge < -0.3 is 14.6 Å². The fourth-order valence-electron chi connectivity index (χ4n) is 2.24. The summed E-state index contributed by atoms with van der Waals surface area (Å²) < 4.78 is 10.3. The molecule has 3 rings (SSSR count). The molecule has 2 aromatic carbocycles. The maximum Gasteiger partial charge on any atom is 0.339 e. The molecule has 19 heavy (non-hydrogen) atoms. The fourth-order valence-corrected chi connectivity index (χ4v) is 2.24. The van der Waals surface area contributed by atoms with Crippen LogP contribution in [0, 0.1) is 0 Å². The van der Waals surface area contributed by atoms with Crippen LogP contribution in [-0.2, 0) is 11.3 Å². The number of methoxy groups -OCH3 is 1. The van der Waals surface area contributed by atoms with Gasteiger partial charge in [-0.3, -0.25) is 0 Å². The van der Waals surface area contributed by atoms with Crippen molar-refractivity contribution in [3.8, 4) is 22.6 Å². The first-order valence-electron chi connectivity index (χ1n) is 5.86. The average Bonchev–Trinajstić information content (AvgIpc) is 2.56. The lowest BCUT2D eigenvalue weighted by molar-refractivity contribution is 0.0478. The van der Waals surface area contributed by atoms with Gasteiger partial charge in [-0.05, 0) is 41.5 Å². The molecule has 4 nitrogen and oxygen atoms in total. The van der Waals surface area contributed by atoms with Gasteiger partial charge in [0.05, 0.1) is 12.7 Å². The molecule has 0 saturated carbocycles. The van der Waals surface area contributed by atoms with Gasteiger partial charge in [0.25, 0.3) is 0 Å². The number of phenols is 1. The van der Waals surface area contributed by atoms with E-state index in [4.69, 9.17) is 9.47 Å². The monoisotopic (exact) mass is 256 g/mol. The SMILES string of the molecule is COc1ccc2c(c1)C(=O)OCc1cc(O)ccc1-2. The molecule has 1 aliphatic heterocycles. The zero-order valence-electron chi connectivity index (χ0n) is 10.3. The van der Waals surface area contributed by atoms with Crippen LogP contribution >= 0.6 is 0 Å². The molecule has 0 fully saturated rings. The third-order valence-electron chi connectivity index (χ3n) is 3.18. The Morgan fingerprint density at radius 1 is 1.11 bits per heavy atom. The van der Waals surface area contributed by atoms with Crippen molar-refractivity contribution in [1.82, 2.24) is 0 Å². The van der Waals surface area contributed by atoms with Crippen molar-refractivity contribution >= 4 is 5.97 Å². The Bertz CT molecular complexity index is 661. The first-order valence-corrected chi connectivity index (χ1v) is 5.86. The maximum atomic E-state index is 12.0. The van der Waals surface area contributed by atoms with Crippen LogP contribution in [0.4, 0.5) is 0 Å². The van der Waals surface area contributed by atoms with Gasteiger partial charge in [-0.15, -0.1) is 0 Å². The van der Waals surface area contributed by atoms with E-state index in [2.05, 4.69) is 0 Å². The van der Waals surface area contributed by atoms with E-state index in [1.807, 2.05) is 6.07 Å². The van der Waals surface area contributed by atoms with Crippen LogP contribution in [0.25, 0.3) is 11.1 Å². The average molecular weight is 256 g/mol. The highest BCUT2D eigenvalue weighted by Gasteiger charge is 2.22. The van der Waals surface area contributed by atoms with Crippen molar-refractivity contribution in [2.24, 2.45) is 0 Å². The fraction of sp³-hybridized carbons (Fsp3) is 0.133. The van der Waals surface area contributed by atoms with Gasteiger partial charge in [0.15, 0.2) is 0 Å². The van der Waals surface area contributed by atoms with Crippen molar-refractivity contribution in [3.63, 3.8) is 0 Å². The molecule has 0 aliphatic carbocycles. The summed E-state index contributed by atoms with van der Waals surface area (Å²) in [4.78, 5) is 12.0. The molecule has 0 radical (unpaired) electrons. The number of esters is 1. The summed E-state index contributed by atoms with van der Waals surface area (Å²) in [6.07, 6.45) is 0. The van der Waals surface area contributed by atoms with E-state index in [-0.39, 0.29) is 18.3 Å². The van der Waals surface area contributed by atoms with E-state index in [0.29, 0.717) is 11.3 Å². The summed E-state index contributed by atoms with van der Waals surface area (Å²) >= 11 is 0. The minimum atomic E-state index is -0.385. The highest BCUT2D eigenvalue weighted by atomic mass is 16.5. The Kier molecular flexibility index (Phi) is 2.63. The molecular weight excluding hydrogens is 244 g/mol. The summed E-state index contributed by atoms with van der Waals surface area (Å²) in [6.45, 7) is 0.152.